The van der Waals surface area contributed by atoms with Gasteiger partial charge in [-0.15, -0.1) is 0 Å². The lowest BCUT2D eigenvalue weighted by molar-refractivity contribution is -0.116. The first kappa shape index (κ1) is 22.3. The summed E-state index contributed by atoms with van der Waals surface area (Å²) in [7, 11) is -1.98. The van der Waals surface area contributed by atoms with E-state index in [1.54, 1.807) is 29.6 Å². The van der Waals surface area contributed by atoms with Crippen molar-refractivity contribution >= 4 is 21.6 Å². The predicted octanol–water partition coefficient (Wildman–Crippen LogP) is 4.06. The molecule has 1 aliphatic heterocycles. The molecule has 1 aliphatic rings. The molecule has 0 atom stereocenters. The van der Waals surface area contributed by atoms with Gasteiger partial charge in [0.25, 0.3) is 0 Å². The average molecular weight is 431 g/mol. The SMILES string of the molecule is COc1ccc(S(=O)(=O)N2CCCCC2)cc1CCC(=O)Nc1cccc(C)c1C. The van der Waals surface area contributed by atoms with Crippen molar-refractivity contribution in [2.75, 3.05) is 25.5 Å². The van der Waals surface area contributed by atoms with Gasteiger partial charge in [-0.25, -0.2) is 8.42 Å². The van der Waals surface area contributed by atoms with Crippen molar-refractivity contribution in [3.63, 3.8) is 0 Å². The van der Waals surface area contributed by atoms with E-state index in [0.29, 0.717) is 30.8 Å². The molecule has 2 aromatic rings. The van der Waals surface area contributed by atoms with E-state index in [9.17, 15) is 13.2 Å². The molecule has 1 heterocycles. The third kappa shape index (κ3) is 5.02. The molecule has 1 fully saturated rings. The van der Waals surface area contributed by atoms with Gasteiger partial charge in [-0.05, 0) is 74.1 Å². The van der Waals surface area contributed by atoms with Gasteiger partial charge in [-0.1, -0.05) is 18.6 Å². The van der Waals surface area contributed by atoms with Crippen LogP contribution in [0.3, 0.4) is 0 Å². The maximum absolute atomic E-state index is 13.0. The number of aryl methyl sites for hydroxylation is 2. The predicted molar refractivity (Wildman–Crippen MR) is 118 cm³/mol. The van der Waals surface area contributed by atoms with Crippen molar-refractivity contribution in [3.05, 3.63) is 53.1 Å². The third-order valence-corrected chi connectivity index (χ3v) is 7.60. The van der Waals surface area contributed by atoms with E-state index in [2.05, 4.69) is 5.32 Å². The van der Waals surface area contributed by atoms with Gasteiger partial charge in [0.2, 0.25) is 15.9 Å². The van der Waals surface area contributed by atoms with E-state index in [4.69, 9.17) is 4.74 Å². The minimum atomic E-state index is -3.53. The van der Waals surface area contributed by atoms with Gasteiger partial charge >= 0.3 is 0 Å². The Kier molecular flexibility index (Phi) is 7.15. The number of hydrogen-bond acceptors (Lipinski definition) is 4. The zero-order chi connectivity index (χ0) is 21.7. The Morgan fingerprint density at radius 2 is 1.83 bits per heavy atom. The molecule has 162 valence electrons. The highest BCUT2D eigenvalue weighted by Crippen LogP contribution is 2.27. The summed E-state index contributed by atoms with van der Waals surface area (Å²) >= 11 is 0. The van der Waals surface area contributed by atoms with Crippen LogP contribution in [0, 0.1) is 13.8 Å². The van der Waals surface area contributed by atoms with Crippen molar-refractivity contribution in [2.45, 2.75) is 50.8 Å². The first-order valence-corrected chi connectivity index (χ1v) is 11.8. The number of hydrogen-bond donors (Lipinski definition) is 1. The van der Waals surface area contributed by atoms with E-state index in [1.807, 2.05) is 32.0 Å². The van der Waals surface area contributed by atoms with E-state index in [0.717, 1.165) is 36.1 Å². The fourth-order valence-corrected chi connectivity index (χ4v) is 5.28. The van der Waals surface area contributed by atoms with Crippen LogP contribution in [0.15, 0.2) is 41.3 Å². The first-order valence-electron chi connectivity index (χ1n) is 10.4. The molecule has 1 N–H and O–H groups in total. The Bertz CT molecular complexity index is 1010. The number of piperidine rings is 1. The van der Waals surface area contributed by atoms with Crippen LogP contribution in [0.25, 0.3) is 0 Å². The largest absolute Gasteiger partial charge is 0.496 e. The molecular formula is C23H30N2O4S. The standard InChI is InChI=1S/C23H30N2O4S/c1-17-8-7-9-21(18(17)2)24-23(26)13-10-19-16-20(11-12-22(19)29-3)30(27,28)25-14-5-4-6-15-25/h7-9,11-12,16H,4-6,10,13-15H2,1-3H3,(H,24,26). The molecule has 1 saturated heterocycles. The summed E-state index contributed by atoms with van der Waals surface area (Å²) in [6.07, 6.45) is 3.47. The van der Waals surface area contributed by atoms with E-state index in [-0.39, 0.29) is 17.2 Å². The van der Waals surface area contributed by atoms with Gasteiger partial charge < -0.3 is 10.1 Å². The Balaban J connectivity index is 1.74. The third-order valence-electron chi connectivity index (χ3n) is 5.70. The second kappa shape index (κ2) is 9.62. The highest BCUT2D eigenvalue weighted by atomic mass is 32.2. The van der Waals surface area contributed by atoms with Gasteiger partial charge in [-0.2, -0.15) is 4.31 Å². The van der Waals surface area contributed by atoms with Crippen LogP contribution in [0.5, 0.6) is 5.75 Å². The number of nitrogens with one attached hydrogen (secondary N) is 1. The number of benzene rings is 2. The first-order chi connectivity index (χ1) is 14.3. The normalized spacial score (nSPS) is 15.0. The molecule has 0 unspecified atom stereocenters. The minimum absolute atomic E-state index is 0.116. The number of carbonyl (C=O) groups is 1. The summed E-state index contributed by atoms with van der Waals surface area (Å²) in [4.78, 5) is 12.8. The summed E-state index contributed by atoms with van der Waals surface area (Å²) in [5, 5.41) is 2.95. The summed E-state index contributed by atoms with van der Waals surface area (Å²) in [6, 6.07) is 10.7. The van der Waals surface area contributed by atoms with Gasteiger partial charge in [0.05, 0.1) is 12.0 Å². The number of sulfonamides is 1. The minimum Gasteiger partial charge on any atom is -0.496 e. The van der Waals surface area contributed by atoms with E-state index < -0.39 is 10.0 Å². The highest BCUT2D eigenvalue weighted by Gasteiger charge is 2.26. The van der Waals surface area contributed by atoms with Crippen molar-refractivity contribution in [2.24, 2.45) is 0 Å². The molecule has 0 bridgehead atoms. The molecule has 6 nitrogen and oxygen atoms in total. The van der Waals surface area contributed by atoms with Crippen LogP contribution in [-0.2, 0) is 21.2 Å². The Morgan fingerprint density at radius 1 is 1.10 bits per heavy atom. The van der Waals surface area contributed by atoms with E-state index in [1.165, 1.54) is 0 Å². The second-order valence-corrected chi connectivity index (χ2v) is 9.67. The summed E-state index contributed by atoms with van der Waals surface area (Å²) in [6.45, 7) is 5.09. The Hall–Kier alpha value is -2.38. The molecule has 0 aromatic heterocycles. The summed E-state index contributed by atoms with van der Waals surface area (Å²) < 4.78 is 32.9. The molecule has 30 heavy (non-hydrogen) atoms. The number of anilines is 1. The van der Waals surface area contributed by atoms with Gasteiger partial charge in [0, 0.05) is 25.2 Å². The van der Waals surface area contributed by atoms with Gasteiger partial charge in [0.1, 0.15) is 5.75 Å². The monoisotopic (exact) mass is 430 g/mol. The Labute approximate surface area is 179 Å². The molecule has 2 aromatic carbocycles. The van der Waals surface area contributed by atoms with Crippen molar-refractivity contribution in [3.8, 4) is 5.75 Å². The van der Waals surface area contributed by atoms with E-state index >= 15 is 0 Å². The van der Waals surface area contributed by atoms with Crippen LogP contribution in [-0.4, -0.2) is 38.8 Å². The van der Waals surface area contributed by atoms with Crippen molar-refractivity contribution < 1.29 is 17.9 Å². The van der Waals surface area contributed by atoms with Crippen LogP contribution in [0.4, 0.5) is 5.69 Å². The number of methoxy groups -OCH3 is 1. The fourth-order valence-electron chi connectivity index (χ4n) is 3.71. The molecule has 3 rings (SSSR count). The summed E-state index contributed by atoms with van der Waals surface area (Å²) in [5.74, 6) is 0.474. The van der Waals surface area contributed by atoms with Gasteiger partial charge in [-0.3, -0.25) is 4.79 Å². The number of nitrogens with zero attached hydrogens (tertiary/aromatic N) is 1. The lowest BCUT2D eigenvalue weighted by Crippen LogP contribution is -2.35. The molecular weight excluding hydrogens is 400 g/mol. The molecule has 0 aliphatic carbocycles. The number of amides is 1. The van der Waals surface area contributed by atoms with Crippen molar-refractivity contribution in [1.29, 1.82) is 0 Å². The van der Waals surface area contributed by atoms with Crippen LogP contribution >= 0.6 is 0 Å². The molecule has 0 radical (unpaired) electrons. The zero-order valence-electron chi connectivity index (χ0n) is 17.9. The average Bonchev–Trinajstić information content (AvgIpc) is 2.76. The quantitative estimate of drug-likeness (QED) is 0.719. The van der Waals surface area contributed by atoms with Crippen LogP contribution in [0.2, 0.25) is 0 Å². The Morgan fingerprint density at radius 3 is 2.53 bits per heavy atom. The van der Waals surface area contributed by atoms with Crippen molar-refractivity contribution in [1.82, 2.24) is 4.31 Å². The topological polar surface area (TPSA) is 75.7 Å². The number of carbonyl (C=O) groups excluding carboxylic acids is 1. The molecule has 1 amide bonds. The molecule has 0 spiro atoms. The summed E-state index contributed by atoms with van der Waals surface area (Å²) in [5.41, 5.74) is 3.67. The molecule has 7 heteroatoms. The smallest absolute Gasteiger partial charge is 0.243 e. The highest BCUT2D eigenvalue weighted by molar-refractivity contribution is 7.89. The van der Waals surface area contributed by atoms with Crippen LogP contribution < -0.4 is 10.1 Å². The zero-order valence-corrected chi connectivity index (χ0v) is 18.7. The fraction of sp³-hybridized carbons (Fsp3) is 0.435. The maximum Gasteiger partial charge on any atom is 0.243 e. The van der Waals surface area contributed by atoms with Gasteiger partial charge in [0.15, 0.2) is 0 Å². The number of ether oxygens (including phenoxy) is 1. The van der Waals surface area contributed by atoms with Crippen LogP contribution in [0.1, 0.15) is 42.4 Å². The number of rotatable bonds is 7. The lowest BCUT2D eigenvalue weighted by Gasteiger charge is -2.26. The molecule has 0 saturated carbocycles. The lowest BCUT2D eigenvalue weighted by atomic mass is 10.1. The maximum atomic E-state index is 13.0. The second-order valence-electron chi connectivity index (χ2n) is 7.73.